The SMILES string of the molecule is CC12CN3CC(C)(CN(C1)C3c1ccccc1Cl)C2. The summed E-state index contributed by atoms with van der Waals surface area (Å²) in [5, 5.41) is 0.912. The lowest BCUT2D eigenvalue weighted by atomic mass is 9.63. The molecule has 0 aromatic heterocycles. The monoisotopic (exact) mass is 276 g/mol. The molecule has 1 aromatic rings. The lowest BCUT2D eigenvalue weighted by molar-refractivity contribution is -0.194. The first kappa shape index (κ1) is 12.2. The maximum atomic E-state index is 6.43. The molecule has 4 bridgehead atoms. The molecule has 0 spiro atoms. The Labute approximate surface area is 120 Å². The van der Waals surface area contributed by atoms with Crippen molar-refractivity contribution in [1.82, 2.24) is 9.80 Å². The lowest BCUT2D eigenvalue weighted by Crippen LogP contribution is -2.70. The van der Waals surface area contributed by atoms with Crippen molar-refractivity contribution in [1.29, 1.82) is 0 Å². The second-order valence-corrected chi connectivity index (χ2v) is 7.91. The van der Waals surface area contributed by atoms with E-state index in [0.29, 0.717) is 17.0 Å². The number of hydrogen-bond donors (Lipinski definition) is 0. The molecule has 0 saturated carbocycles. The summed E-state index contributed by atoms with van der Waals surface area (Å²) < 4.78 is 0. The van der Waals surface area contributed by atoms with Gasteiger partial charge in [-0.2, -0.15) is 0 Å². The van der Waals surface area contributed by atoms with E-state index in [-0.39, 0.29) is 0 Å². The lowest BCUT2D eigenvalue weighted by Gasteiger charge is -2.66. The summed E-state index contributed by atoms with van der Waals surface area (Å²) in [6.07, 6.45) is 1.78. The van der Waals surface area contributed by atoms with E-state index in [4.69, 9.17) is 11.6 Å². The summed E-state index contributed by atoms with van der Waals surface area (Å²) >= 11 is 6.43. The smallest absolute Gasteiger partial charge is 0.0901 e. The summed E-state index contributed by atoms with van der Waals surface area (Å²) in [6, 6.07) is 8.35. The standard InChI is InChI=1S/C16H21ClN2/c1-15-7-16(2)10-18(8-15)14(19(9-15)11-16)12-5-3-4-6-13(12)17/h3-6,14H,7-11H2,1-2H3. The fraction of sp³-hybridized carbons (Fsp3) is 0.625. The maximum Gasteiger partial charge on any atom is 0.0901 e. The minimum Gasteiger partial charge on any atom is -0.283 e. The molecule has 5 rings (SSSR count). The highest BCUT2D eigenvalue weighted by Crippen LogP contribution is 2.54. The zero-order valence-electron chi connectivity index (χ0n) is 11.7. The Morgan fingerprint density at radius 2 is 1.53 bits per heavy atom. The van der Waals surface area contributed by atoms with Crippen molar-refractivity contribution in [2.24, 2.45) is 10.8 Å². The van der Waals surface area contributed by atoms with Crippen LogP contribution in [0.4, 0.5) is 0 Å². The Hall–Kier alpha value is -0.570. The van der Waals surface area contributed by atoms with Crippen molar-refractivity contribution in [3.05, 3.63) is 34.9 Å². The van der Waals surface area contributed by atoms with Crippen LogP contribution in [0, 0.1) is 10.8 Å². The zero-order chi connectivity index (χ0) is 13.3. The summed E-state index contributed by atoms with van der Waals surface area (Å²) in [4.78, 5) is 5.30. The first-order chi connectivity index (χ1) is 8.98. The average Bonchev–Trinajstić information content (AvgIpc) is 2.27. The molecule has 4 saturated heterocycles. The Bertz CT molecular complexity index is 491. The molecule has 4 fully saturated rings. The molecule has 4 aliphatic rings. The summed E-state index contributed by atoms with van der Waals surface area (Å²) in [5.74, 6) is 0. The molecule has 102 valence electrons. The van der Waals surface area contributed by atoms with Gasteiger partial charge in [0.05, 0.1) is 6.17 Å². The number of nitrogens with zero attached hydrogens (tertiary/aromatic N) is 2. The molecule has 0 N–H and O–H groups in total. The molecule has 2 nitrogen and oxygen atoms in total. The van der Waals surface area contributed by atoms with Crippen LogP contribution in [0.5, 0.6) is 0 Å². The topological polar surface area (TPSA) is 6.48 Å². The number of halogens is 1. The quantitative estimate of drug-likeness (QED) is 0.776. The highest BCUT2D eigenvalue weighted by atomic mass is 35.5. The van der Waals surface area contributed by atoms with E-state index in [1.54, 1.807) is 0 Å². The highest BCUT2D eigenvalue weighted by Gasteiger charge is 2.56. The highest BCUT2D eigenvalue weighted by molar-refractivity contribution is 6.31. The summed E-state index contributed by atoms with van der Waals surface area (Å²) in [5.41, 5.74) is 2.24. The van der Waals surface area contributed by atoms with Crippen LogP contribution in [0.3, 0.4) is 0 Å². The Morgan fingerprint density at radius 3 is 2.05 bits per heavy atom. The van der Waals surface area contributed by atoms with Crippen molar-refractivity contribution in [3.63, 3.8) is 0 Å². The molecule has 3 heteroatoms. The third-order valence-corrected chi connectivity index (χ3v) is 5.41. The maximum absolute atomic E-state index is 6.43. The van der Waals surface area contributed by atoms with Crippen molar-refractivity contribution >= 4 is 11.6 Å². The van der Waals surface area contributed by atoms with Gasteiger partial charge in [-0.05, 0) is 23.3 Å². The van der Waals surface area contributed by atoms with Gasteiger partial charge in [-0.15, -0.1) is 0 Å². The van der Waals surface area contributed by atoms with E-state index in [0.717, 1.165) is 5.02 Å². The van der Waals surface area contributed by atoms with Crippen LogP contribution in [-0.4, -0.2) is 36.0 Å². The first-order valence-electron chi connectivity index (χ1n) is 7.21. The molecule has 0 atom stereocenters. The van der Waals surface area contributed by atoms with Gasteiger partial charge in [-0.3, -0.25) is 9.80 Å². The number of hydrogen-bond acceptors (Lipinski definition) is 2. The number of piperidine rings is 2. The van der Waals surface area contributed by atoms with E-state index >= 15 is 0 Å². The summed E-state index contributed by atoms with van der Waals surface area (Å²) in [6.45, 7) is 9.77. The van der Waals surface area contributed by atoms with E-state index in [9.17, 15) is 0 Å². The zero-order valence-corrected chi connectivity index (χ0v) is 12.5. The third kappa shape index (κ3) is 1.77. The van der Waals surface area contributed by atoms with Crippen molar-refractivity contribution < 1.29 is 0 Å². The molecule has 1 aromatic carbocycles. The van der Waals surface area contributed by atoms with Crippen LogP contribution in [0.15, 0.2) is 24.3 Å². The van der Waals surface area contributed by atoms with Crippen molar-refractivity contribution in [3.8, 4) is 0 Å². The van der Waals surface area contributed by atoms with E-state index < -0.39 is 0 Å². The second-order valence-electron chi connectivity index (χ2n) is 7.50. The van der Waals surface area contributed by atoms with Crippen LogP contribution in [0.2, 0.25) is 5.02 Å². The predicted molar refractivity (Wildman–Crippen MR) is 78.2 cm³/mol. The third-order valence-electron chi connectivity index (χ3n) is 5.07. The molecule has 19 heavy (non-hydrogen) atoms. The average molecular weight is 277 g/mol. The normalized spacial score (nSPS) is 47.6. The van der Waals surface area contributed by atoms with E-state index in [2.05, 4.69) is 35.8 Å². The molecule has 4 heterocycles. The Balaban J connectivity index is 1.76. The first-order valence-corrected chi connectivity index (χ1v) is 7.59. The second kappa shape index (κ2) is 3.75. The van der Waals surface area contributed by atoms with Crippen molar-refractivity contribution in [2.45, 2.75) is 26.4 Å². The van der Waals surface area contributed by atoms with Crippen molar-refractivity contribution in [2.75, 3.05) is 26.2 Å². The van der Waals surface area contributed by atoms with Crippen LogP contribution in [-0.2, 0) is 0 Å². The van der Waals surface area contributed by atoms with Gasteiger partial charge in [0, 0.05) is 36.8 Å². The van der Waals surface area contributed by atoms with Gasteiger partial charge in [0.25, 0.3) is 0 Å². The molecule has 0 radical (unpaired) electrons. The minimum atomic E-state index is 0.398. The van der Waals surface area contributed by atoms with Gasteiger partial charge in [-0.1, -0.05) is 43.6 Å². The fourth-order valence-corrected chi connectivity index (χ4v) is 5.31. The molecular weight excluding hydrogens is 256 g/mol. The van der Waals surface area contributed by atoms with Gasteiger partial charge in [0.15, 0.2) is 0 Å². The fourth-order valence-electron chi connectivity index (χ4n) is 5.08. The summed E-state index contributed by atoms with van der Waals surface area (Å²) in [7, 11) is 0. The van der Waals surface area contributed by atoms with Gasteiger partial charge in [0.1, 0.15) is 0 Å². The molecule has 0 unspecified atom stereocenters. The van der Waals surface area contributed by atoms with E-state index in [1.165, 1.54) is 38.2 Å². The van der Waals surface area contributed by atoms with Crippen LogP contribution >= 0.6 is 11.6 Å². The predicted octanol–water partition coefficient (Wildman–Crippen LogP) is 3.39. The Morgan fingerprint density at radius 1 is 1.00 bits per heavy atom. The van der Waals surface area contributed by atoms with Crippen LogP contribution in [0.1, 0.15) is 32.0 Å². The van der Waals surface area contributed by atoms with E-state index in [1.807, 2.05) is 12.1 Å². The molecule has 4 aliphatic heterocycles. The molecular formula is C16H21ClN2. The van der Waals surface area contributed by atoms with Crippen LogP contribution in [0.25, 0.3) is 0 Å². The van der Waals surface area contributed by atoms with Gasteiger partial charge < -0.3 is 0 Å². The van der Waals surface area contributed by atoms with Gasteiger partial charge >= 0.3 is 0 Å². The number of benzene rings is 1. The van der Waals surface area contributed by atoms with Crippen LogP contribution < -0.4 is 0 Å². The molecule has 0 aliphatic carbocycles. The largest absolute Gasteiger partial charge is 0.283 e. The van der Waals surface area contributed by atoms with Gasteiger partial charge in [0.2, 0.25) is 0 Å². The van der Waals surface area contributed by atoms with Gasteiger partial charge in [-0.25, -0.2) is 0 Å². The molecule has 0 amide bonds. The number of rotatable bonds is 1. The minimum absolute atomic E-state index is 0.398. The Kier molecular flexibility index (Phi) is 2.41.